The number of halogens is 2. The first-order valence-electron chi connectivity index (χ1n) is 10.5. The smallest absolute Gasteiger partial charge is 0.241 e. The van der Waals surface area contributed by atoms with Crippen LogP contribution in [0.3, 0.4) is 0 Å². The fraction of sp³-hybridized carbons (Fsp3) is 0.417. The molecule has 0 saturated carbocycles. The summed E-state index contributed by atoms with van der Waals surface area (Å²) in [4.78, 5) is 17.0. The number of fused-ring (bicyclic) bond motifs is 1. The van der Waals surface area contributed by atoms with Crippen LogP contribution in [-0.4, -0.2) is 37.0 Å². The molecule has 2 aliphatic rings. The third-order valence-electron chi connectivity index (χ3n) is 6.24. The predicted octanol–water partition coefficient (Wildman–Crippen LogP) is 4.46. The van der Waals surface area contributed by atoms with Gasteiger partial charge in [-0.3, -0.25) is 9.69 Å². The van der Waals surface area contributed by atoms with Crippen molar-refractivity contribution in [3.63, 3.8) is 0 Å². The van der Waals surface area contributed by atoms with E-state index in [1.807, 2.05) is 0 Å². The Morgan fingerprint density at radius 2 is 1.70 bits per heavy atom. The molecule has 2 aromatic rings. The van der Waals surface area contributed by atoms with E-state index in [9.17, 15) is 13.6 Å². The van der Waals surface area contributed by atoms with Gasteiger partial charge in [-0.1, -0.05) is 18.2 Å². The Labute approximate surface area is 175 Å². The van der Waals surface area contributed by atoms with E-state index in [0.717, 1.165) is 49.9 Å². The zero-order valence-corrected chi connectivity index (χ0v) is 16.9. The second-order valence-corrected chi connectivity index (χ2v) is 8.17. The van der Waals surface area contributed by atoms with Crippen LogP contribution in [0.2, 0.25) is 0 Å². The Morgan fingerprint density at radius 3 is 2.40 bits per heavy atom. The highest BCUT2D eigenvalue weighted by molar-refractivity contribution is 5.96. The van der Waals surface area contributed by atoms with E-state index in [1.165, 1.54) is 24.3 Å². The van der Waals surface area contributed by atoms with Crippen molar-refractivity contribution in [3.8, 4) is 6.07 Å². The van der Waals surface area contributed by atoms with E-state index in [4.69, 9.17) is 5.26 Å². The normalized spacial score (nSPS) is 20.3. The lowest BCUT2D eigenvalue weighted by Gasteiger charge is -2.31. The van der Waals surface area contributed by atoms with E-state index in [2.05, 4.69) is 11.0 Å². The third-order valence-corrected chi connectivity index (χ3v) is 6.24. The number of anilines is 1. The van der Waals surface area contributed by atoms with E-state index in [0.29, 0.717) is 12.2 Å². The van der Waals surface area contributed by atoms with Crippen molar-refractivity contribution in [1.82, 2.24) is 4.90 Å². The van der Waals surface area contributed by atoms with Gasteiger partial charge in [0.05, 0.1) is 18.3 Å². The maximum Gasteiger partial charge on any atom is 0.241 e. The highest BCUT2D eigenvalue weighted by Gasteiger charge is 2.29. The lowest BCUT2D eigenvalue weighted by atomic mass is 9.87. The number of likely N-dealkylation sites (tertiary alicyclic amines) is 1. The molecule has 0 aromatic heterocycles. The van der Waals surface area contributed by atoms with E-state index >= 15 is 0 Å². The summed E-state index contributed by atoms with van der Waals surface area (Å²) in [5, 5.41) is 9.06. The number of nitrogens with zero attached hydrogens (tertiary/aromatic N) is 3. The largest absolute Gasteiger partial charge is 0.311 e. The van der Waals surface area contributed by atoms with Gasteiger partial charge in [-0.15, -0.1) is 0 Å². The Kier molecular flexibility index (Phi) is 6.10. The first-order chi connectivity index (χ1) is 14.5. The van der Waals surface area contributed by atoms with E-state index in [-0.39, 0.29) is 35.9 Å². The van der Waals surface area contributed by atoms with Crippen molar-refractivity contribution in [2.75, 3.05) is 31.1 Å². The molecule has 0 spiro atoms. The van der Waals surface area contributed by atoms with Crippen LogP contribution < -0.4 is 4.90 Å². The Bertz CT molecular complexity index is 946. The molecule has 2 aromatic carbocycles. The second kappa shape index (κ2) is 8.93. The molecule has 156 valence electrons. The molecule has 1 atom stereocenters. The minimum Gasteiger partial charge on any atom is -0.311 e. The SMILES string of the molecule is N#CC1CCN(CC(=O)N2CCCC(c3ccc(F)cc3)c3ccc(F)cc32)CC1. The molecule has 30 heavy (non-hydrogen) atoms. The summed E-state index contributed by atoms with van der Waals surface area (Å²) in [6.07, 6.45) is 3.14. The number of benzene rings is 2. The van der Waals surface area contributed by atoms with E-state index in [1.54, 1.807) is 23.1 Å². The number of nitriles is 1. The number of piperidine rings is 1. The monoisotopic (exact) mass is 409 g/mol. The number of hydrogen-bond acceptors (Lipinski definition) is 3. The van der Waals surface area contributed by atoms with Gasteiger partial charge in [0.15, 0.2) is 0 Å². The molecule has 0 bridgehead atoms. The number of carbonyl (C=O) groups excluding carboxylic acids is 1. The molecule has 0 N–H and O–H groups in total. The average Bonchev–Trinajstić information content (AvgIpc) is 2.94. The summed E-state index contributed by atoms with van der Waals surface area (Å²) >= 11 is 0. The van der Waals surface area contributed by atoms with Crippen molar-refractivity contribution in [1.29, 1.82) is 5.26 Å². The fourth-order valence-electron chi connectivity index (χ4n) is 4.57. The first-order valence-corrected chi connectivity index (χ1v) is 10.5. The van der Waals surface area contributed by atoms with Crippen LogP contribution >= 0.6 is 0 Å². The van der Waals surface area contributed by atoms with Crippen molar-refractivity contribution < 1.29 is 13.6 Å². The van der Waals surface area contributed by atoms with Gasteiger partial charge in [0.2, 0.25) is 5.91 Å². The zero-order valence-electron chi connectivity index (χ0n) is 16.9. The van der Waals surface area contributed by atoms with Gasteiger partial charge in [-0.25, -0.2) is 8.78 Å². The van der Waals surface area contributed by atoms with Crippen molar-refractivity contribution in [2.24, 2.45) is 5.92 Å². The molecule has 1 saturated heterocycles. The van der Waals surface area contributed by atoms with Gasteiger partial charge in [-0.2, -0.15) is 5.26 Å². The van der Waals surface area contributed by atoms with Gasteiger partial charge >= 0.3 is 0 Å². The Hall–Kier alpha value is -2.78. The minimum atomic E-state index is -0.374. The number of amides is 1. The number of hydrogen-bond donors (Lipinski definition) is 0. The summed E-state index contributed by atoms with van der Waals surface area (Å²) in [7, 11) is 0. The molecule has 0 radical (unpaired) electrons. The number of carbonyl (C=O) groups is 1. The van der Waals surface area contributed by atoms with Gasteiger partial charge in [0.1, 0.15) is 11.6 Å². The maximum absolute atomic E-state index is 14.2. The summed E-state index contributed by atoms with van der Waals surface area (Å²) in [6, 6.07) is 13.3. The fourth-order valence-corrected chi connectivity index (χ4v) is 4.57. The molecule has 2 aliphatic heterocycles. The minimum absolute atomic E-state index is 0.00891. The predicted molar refractivity (Wildman–Crippen MR) is 111 cm³/mol. The quantitative estimate of drug-likeness (QED) is 0.752. The van der Waals surface area contributed by atoms with Crippen molar-refractivity contribution >= 4 is 11.6 Å². The van der Waals surface area contributed by atoms with Crippen LogP contribution in [0.4, 0.5) is 14.5 Å². The highest BCUT2D eigenvalue weighted by Crippen LogP contribution is 2.39. The topological polar surface area (TPSA) is 47.3 Å². The van der Waals surface area contributed by atoms with Gasteiger partial charge in [-0.05, 0) is 74.2 Å². The molecule has 1 unspecified atom stereocenters. The van der Waals surface area contributed by atoms with Crippen molar-refractivity contribution in [2.45, 2.75) is 31.6 Å². The lowest BCUT2D eigenvalue weighted by molar-refractivity contribution is -0.120. The molecular weight excluding hydrogens is 384 g/mol. The number of rotatable bonds is 3. The molecule has 2 heterocycles. The molecule has 0 aliphatic carbocycles. The van der Waals surface area contributed by atoms with Crippen LogP contribution in [0, 0.1) is 28.9 Å². The average molecular weight is 409 g/mol. The van der Waals surface area contributed by atoms with Crippen molar-refractivity contribution in [3.05, 3.63) is 65.2 Å². The Morgan fingerprint density at radius 1 is 1.00 bits per heavy atom. The zero-order chi connectivity index (χ0) is 21.1. The van der Waals surface area contributed by atoms with Crippen LogP contribution in [0.5, 0.6) is 0 Å². The summed E-state index contributed by atoms with van der Waals surface area (Å²) in [5.41, 5.74) is 2.48. The molecule has 1 amide bonds. The van der Waals surface area contributed by atoms with Crippen LogP contribution in [0.15, 0.2) is 42.5 Å². The Balaban J connectivity index is 1.58. The molecule has 4 rings (SSSR count). The first kappa shape index (κ1) is 20.5. The highest BCUT2D eigenvalue weighted by atomic mass is 19.1. The van der Waals surface area contributed by atoms with Gasteiger partial charge < -0.3 is 4.90 Å². The van der Waals surface area contributed by atoms with Crippen LogP contribution in [0.1, 0.15) is 42.7 Å². The van der Waals surface area contributed by atoms with Gasteiger partial charge in [0, 0.05) is 18.4 Å². The summed E-state index contributed by atoms with van der Waals surface area (Å²) in [5.74, 6) is -0.645. The third kappa shape index (κ3) is 4.36. The molecule has 1 fully saturated rings. The van der Waals surface area contributed by atoms with Gasteiger partial charge in [0.25, 0.3) is 0 Å². The molecule has 4 nitrogen and oxygen atoms in total. The standard InChI is InChI=1S/C24H25F2N3O/c25-19-5-3-18(4-6-19)21-2-1-11-29(23-14-20(26)7-8-22(21)23)24(30)16-28-12-9-17(15-27)10-13-28/h3-8,14,17,21H,1-2,9-13,16H2. The van der Waals surface area contributed by atoms with Crippen LogP contribution in [0.25, 0.3) is 0 Å². The molecular formula is C24H25F2N3O. The molecule has 6 heteroatoms. The van der Waals surface area contributed by atoms with Crippen LogP contribution in [-0.2, 0) is 4.79 Å². The summed E-state index contributed by atoms with van der Waals surface area (Å²) < 4.78 is 27.6. The van der Waals surface area contributed by atoms with E-state index < -0.39 is 0 Å². The lowest BCUT2D eigenvalue weighted by Crippen LogP contribution is -2.43. The maximum atomic E-state index is 14.2. The summed E-state index contributed by atoms with van der Waals surface area (Å²) in [6.45, 7) is 2.26. The second-order valence-electron chi connectivity index (χ2n) is 8.17.